The Labute approximate surface area is 262 Å². The van der Waals surface area contributed by atoms with E-state index in [4.69, 9.17) is 21.1 Å². The van der Waals surface area contributed by atoms with Gasteiger partial charge in [0.2, 0.25) is 10.0 Å². The van der Waals surface area contributed by atoms with Crippen molar-refractivity contribution < 1.29 is 27.5 Å². The molecule has 1 fully saturated rings. The molecule has 0 radical (unpaired) electrons. The molecule has 1 N–H and O–H groups in total. The Bertz CT molecular complexity index is 1720. The number of hydrogen-bond donors (Lipinski definition) is 1. The number of rotatable bonds is 11. The molecule has 9 nitrogen and oxygen atoms in total. The second kappa shape index (κ2) is 14.2. The highest BCUT2D eigenvalue weighted by molar-refractivity contribution is 7.90. The van der Waals surface area contributed by atoms with E-state index in [0.717, 1.165) is 34.9 Å². The number of fused-ring (bicyclic) bond motifs is 1. The number of sulfonamides is 1. The molecule has 1 saturated heterocycles. The number of nitrogens with zero attached hydrogens (tertiary/aromatic N) is 2. The van der Waals surface area contributed by atoms with Gasteiger partial charge in [-0.25, -0.2) is 17.9 Å². The number of ether oxygens (including phenoxy) is 2. The first kappa shape index (κ1) is 31.4. The van der Waals surface area contributed by atoms with Crippen LogP contribution in [0.2, 0.25) is 5.02 Å². The summed E-state index contributed by atoms with van der Waals surface area (Å²) >= 11 is 6.22. The number of carbonyl (C=O) groups excluding carboxylic acids is 2. The van der Waals surface area contributed by atoms with Gasteiger partial charge in [0.1, 0.15) is 24.7 Å². The van der Waals surface area contributed by atoms with Crippen LogP contribution in [0.4, 0.5) is 4.79 Å². The molecular weight excluding hydrogens is 602 g/mol. The predicted molar refractivity (Wildman–Crippen MR) is 170 cm³/mol. The summed E-state index contributed by atoms with van der Waals surface area (Å²) in [6.45, 7) is 3.09. The molecule has 1 aliphatic rings. The zero-order chi connectivity index (χ0) is 31.1. The number of hydrogen-bond acceptors (Lipinski definition) is 6. The molecule has 232 valence electrons. The van der Waals surface area contributed by atoms with Gasteiger partial charge in [-0.1, -0.05) is 66.2 Å². The van der Waals surface area contributed by atoms with Crippen LogP contribution in [0.5, 0.6) is 5.75 Å². The fourth-order valence-electron chi connectivity index (χ4n) is 5.55. The summed E-state index contributed by atoms with van der Waals surface area (Å²) in [6.07, 6.45) is 2.11. The molecule has 4 aromatic rings. The topological polar surface area (TPSA) is 107 Å². The van der Waals surface area contributed by atoms with Crippen molar-refractivity contribution in [2.24, 2.45) is 0 Å². The lowest BCUT2D eigenvalue weighted by Crippen LogP contribution is -2.45. The second-order valence-corrected chi connectivity index (χ2v) is 13.1. The monoisotopic (exact) mass is 637 g/mol. The summed E-state index contributed by atoms with van der Waals surface area (Å²) < 4.78 is 41.7. The molecule has 0 spiro atoms. The number of piperidine rings is 1. The van der Waals surface area contributed by atoms with Crippen LogP contribution in [0.25, 0.3) is 10.9 Å². The van der Waals surface area contributed by atoms with E-state index in [-0.39, 0.29) is 37.1 Å². The van der Waals surface area contributed by atoms with Gasteiger partial charge in [0, 0.05) is 23.5 Å². The molecule has 0 aliphatic carbocycles. The first-order valence-corrected chi connectivity index (χ1v) is 16.7. The molecule has 1 aliphatic heterocycles. The average Bonchev–Trinajstić information content (AvgIpc) is 3.40. The van der Waals surface area contributed by atoms with Gasteiger partial charge in [0.05, 0.1) is 17.3 Å². The van der Waals surface area contributed by atoms with E-state index in [2.05, 4.69) is 4.72 Å². The van der Waals surface area contributed by atoms with Gasteiger partial charge in [0.15, 0.2) is 0 Å². The number of para-hydroxylation sites is 1. The lowest BCUT2D eigenvalue weighted by atomic mass is 10.0. The highest BCUT2D eigenvalue weighted by Gasteiger charge is 2.30. The summed E-state index contributed by atoms with van der Waals surface area (Å²) in [5, 5.41) is 1.32. The molecule has 2 heterocycles. The Morgan fingerprint density at radius 2 is 1.77 bits per heavy atom. The smallest absolute Gasteiger partial charge is 0.410 e. The maximum absolute atomic E-state index is 13.4. The molecule has 2 amide bonds. The maximum atomic E-state index is 13.4. The van der Waals surface area contributed by atoms with Crippen molar-refractivity contribution in [1.29, 1.82) is 0 Å². The lowest BCUT2D eigenvalue weighted by Gasteiger charge is -2.34. The van der Waals surface area contributed by atoms with Crippen molar-refractivity contribution in [3.8, 4) is 5.75 Å². The molecule has 0 bridgehead atoms. The van der Waals surface area contributed by atoms with Gasteiger partial charge in [-0.15, -0.1) is 0 Å². The van der Waals surface area contributed by atoms with E-state index in [1.54, 1.807) is 27.7 Å². The normalized spacial score (nSPS) is 15.2. The van der Waals surface area contributed by atoms with Crippen LogP contribution in [0, 0.1) is 6.92 Å². The van der Waals surface area contributed by atoms with Crippen molar-refractivity contribution in [2.75, 3.05) is 18.9 Å². The number of carbonyl (C=O) groups is 2. The third kappa shape index (κ3) is 7.73. The number of benzene rings is 3. The Hall–Kier alpha value is -4.02. The van der Waals surface area contributed by atoms with E-state index in [9.17, 15) is 18.0 Å². The highest BCUT2D eigenvalue weighted by atomic mass is 35.5. The van der Waals surface area contributed by atoms with Gasteiger partial charge in [-0.05, 0) is 68.0 Å². The molecule has 0 unspecified atom stereocenters. The summed E-state index contributed by atoms with van der Waals surface area (Å²) in [6, 6.07) is 23.6. The van der Waals surface area contributed by atoms with Gasteiger partial charge < -0.3 is 18.9 Å². The van der Waals surface area contributed by atoms with Crippen LogP contribution >= 0.6 is 11.6 Å². The van der Waals surface area contributed by atoms with Gasteiger partial charge in [-0.3, -0.25) is 4.79 Å². The number of likely N-dealkylation sites (tertiary alicyclic amines) is 1. The quantitative estimate of drug-likeness (QED) is 0.206. The molecule has 5 rings (SSSR count). The van der Waals surface area contributed by atoms with Gasteiger partial charge >= 0.3 is 6.09 Å². The summed E-state index contributed by atoms with van der Waals surface area (Å²) in [4.78, 5) is 27.9. The SMILES string of the molecule is Cc1cccc2c1cc(C(=O)NS(=O)(=O)CC[C@H]1CCCCN1C(=O)OCc1ccccc1)n2CCOc1ccccc1Cl. The minimum absolute atomic E-state index is 0.147. The number of amides is 2. The zero-order valence-corrected chi connectivity index (χ0v) is 26.1. The van der Waals surface area contributed by atoms with Crippen molar-refractivity contribution >= 4 is 44.5 Å². The van der Waals surface area contributed by atoms with Crippen LogP contribution in [0.15, 0.2) is 78.9 Å². The number of nitrogens with one attached hydrogen (secondary N) is 1. The summed E-state index contributed by atoms with van der Waals surface area (Å²) in [5.74, 6) is -0.502. The maximum Gasteiger partial charge on any atom is 0.410 e. The van der Waals surface area contributed by atoms with Crippen molar-refractivity contribution in [3.63, 3.8) is 0 Å². The third-order valence-corrected chi connectivity index (χ3v) is 9.42. The lowest BCUT2D eigenvalue weighted by molar-refractivity contribution is 0.0672. The molecular formula is C33H36ClN3O6S. The van der Waals surface area contributed by atoms with E-state index >= 15 is 0 Å². The molecule has 1 aromatic heterocycles. The average molecular weight is 638 g/mol. The Kier molecular flexibility index (Phi) is 10.1. The van der Waals surface area contributed by atoms with E-state index in [1.165, 1.54) is 0 Å². The van der Waals surface area contributed by atoms with Crippen molar-refractivity contribution in [3.05, 3.63) is 101 Å². The van der Waals surface area contributed by atoms with Crippen molar-refractivity contribution in [2.45, 2.75) is 51.8 Å². The molecule has 11 heteroatoms. The van der Waals surface area contributed by atoms with E-state index in [0.29, 0.717) is 30.3 Å². The molecule has 0 saturated carbocycles. The van der Waals surface area contributed by atoms with E-state index in [1.807, 2.05) is 67.6 Å². The fraction of sp³-hybridized carbons (Fsp3) is 0.333. The first-order valence-electron chi connectivity index (χ1n) is 14.7. The number of aromatic nitrogens is 1. The molecule has 3 aromatic carbocycles. The molecule has 1 atom stereocenters. The highest BCUT2D eigenvalue weighted by Crippen LogP contribution is 2.26. The summed E-state index contributed by atoms with van der Waals surface area (Å²) in [7, 11) is -4.01. The minimum atomic E-state index is -4.01. The Morgan fingerprint density at radius 1 is 1.00 bits per heavy atom. The largest absolute Gasteiger partial charge is 0.490 e. The van der Waals surface area contributed by atoms with Gasteiger partial charge in [-0.2, -0.15) is 0 Å². The van der Waals surface area contributed by atoms with Crippen LogP contribution in [0.3, 0.4) is 0 Å². The van der Waals surface area contributed by atoms with Crippen molar-refractivity contribution in [1.82, 2.24) is 14.2 Å². The summed E-state index contributed by atoms with van der Waals surface area (Å²) in [5.41, 5.74) is 2.84. The molecule has 44 heavy (non-hydrogen) atoms. The van der Waals surface area contributed by atoms with Gasteiger partial charge in [0.25, 0.3) is 5.91 Å². The van der Waals surface area contributed by atoms with Crippen LogP contribution in [0.1, 0.15) is 47.3 Å². The minimum Gasteiger partial charge on any atom is -0.490 e. The zero-order valence-electron chi connectivity index (χ0n) is 24.6. The fourth-order valence-corrected chi connectivity index (χ4v) is 6.81. The first-order chi connectivity index (χ1) is 21.2. The van der Waals surface area contributed by atoms with Crippen LogP contribution < -0.4 is 9.46 Å². The Balaban J connectivity index is 1.24. The number of aryl methyl sites for hydroxylation is 1. The number of halogens is 1. The Morgan fingerprint density at radius 3 is 2.57 bits per heavy atom. The van der Waals surface area contributed by atoms with E-state index < -0.39 is 22.0 Å². The third-order valence-electron chi connectivity index (χ3n) is 7.84. The van der Waals surface area contributed by atoms with Crippen LogP contribution in [-0.4, -0.2) is 54.8 Å². The van der Waals surface area contributed by atoms with Crippen LogP contribution in [-0.2, 0) is 27.9 Å². The standard InChI is InChI=1S/C33H36ClN3O6S/c1-24-10-9-15-29-27(24)22-30(37(29)19-20-42-31-16-6-5-14-28(31)34)32(38)35-44(40,41)21-17-26-13-7-8-18-36(26)33(39)43-23-25-11-3-2-4-12-25/h2-6,9-12,14-16,22,26H,7-8,13,17-21,23H2,1H3,(H,35,38)/t26-/m1/s1. The second-order valence-electron chi connectivity index (χ2n) is 10.9. The predicted octanol–water partition coefficient (Wildman–Crippen LogP) is 6.32.